The van der Waals surface area contributed by atoms with Gasteiger partial charge in [-0.05, 0) is 35.9 Å². The second-order valence-electron chi connectivity index (χ2n) is 8.45. The number of amides is 3. The Labute approximate surface area is 206 Å². The summed E-state index contributed by atoms with van der Waals surface area (Å²) >= 11 is 0. The summed E-state index contributed by atoms with van der Waals surface area (Å²) in [6.45, 7) is 3.98. The highest BCUT2D eigenvalue weighted by Gasteiger charge is 2.35. The highest BCUT2D eigenvalue weighted by atomic mass is 16.2. The van der Waals surface area contributed by atoms with E-state index < -0.39 is 11.8 Å². The van der Waals surface area contributed by atoms with Gasteiger partial charge in [0, 0.05) is 18.7 Å². The van der Waals surface area contributed by atoms with E-state index in [9.17, 15) is 19.2 Å². The number of nitrogens with one attached hydrogen (secondary N) is 1. The molecule has 4 aromatic rings. The van der Waals surface area contributed by atoms with Crippen molar-refractivity contribution >= 4 is 28.6 Å². The van der Waals surface area contributed by atoms with Gasteiger partial charge in [-0.15, -0.1) is 6.58 Å². The number of aromatic nitrogens is 2. The fourth-order valence-corrected chi connectivity index (χ4v) is 4.30. The minimum absolute atomic E-state index is 0.0420. The third kappa shape index (κ3) is 4.20. The van der Waals surface area contributed by atoms with Crippen molar-refractivity contribution in [2.45, 2.75) is 13.1 Å². The van der Waals surface area contributed by atoms with E-state index in [-0.39, 0.29) is 47.8 Å². The standard InChI is InChI=1S/C28H22N4O4/c1-2-14-32-27(35)20-13-12-19(15-22(20)28(32)36)26(34)31(16-18-8-4-3-5-9-18)17-24-29-23-11-7-6-10-21(23)25(33)30-24/h2-13,15H,1,14,16-17H2,(H,29,30,33). The lowest BCUT2D eigenvalue weighted by atomic mass is 10.0. The molecule has 0 saturated heterocycles. The zero-order chi connectivity index (χ0) is 25.2. The van der Waals surface area contributed by atoms with Crippen LogP contribution in [0.1, 0.15) is 42.5 Å². The van der Waals surface area contributed by atoms with E-state index in [0.717, 1.165) is 10.5 Å². The highest BCUT2D eigenvalue weighted by Crippen LogP contribution is 2.25. The molecule has 36 heavy (non-hydrogen) atoms. The number of hydrogen-bond acceptors (Lipinski definition) is 5. The smallest absolute Gasteiger partial charge is 0.261 e. The number of hydrogen-bond donors (Lipinski definition) is 1. The van der Waals surface area contributed by atoms with Crippen LogP contribution in [-0.2, 0) is 13.1 Å². The number of fused-ring (bicyclic) bond motifs is 2. The van der Waals surface area contributed by atoms with Gasteiger partial charge in [-0.2, -0.15) is 0 Å². The van der Waals surface area contributed by atoms with Crippen LogP contribution in [0.5, 0.6) is 0 Å². The SMILES string of the molecule is C=CCN1C(=O)c2ccc(C(=O)N(Cc3ccccc3)Cc3nc4ccccc4c(=O)[nH]3)cc2C1=O. The summed E-state index contributed by atoms with van der Waals surface area (Å²) in [5.74, 6) is -0.889. The molecule has 0 fully saturated rings. The highest BCUT2D eigenvalue weighted by molar-refractivity contribution is 6.22. The van der Waals surface area contributed by atoms with Crippen LogP contribution in [0.2, 0.25) is 0 Å². The molecule has 0 atom stereocenters. The van der Waals surface area contributed by atoms with Gasteiger partial charge in [0.25, 0.3) is 23.3 Å². The van der Waals surface area contributed by atoms with E-state index in [4.69, 9.17) is 0 Å². The van der Waals surface area contributed by atoms with E-state index in [1.54, 1.807) is 29.2 Å². The molecule has 2 heterocycles. The van der Waals surface area contributed by atoms with Gasteiger partial charge in [0.05, 0.1) is 28.6 Å². The van der Waals surface area contributed by atoms with Crippen LogP contribution in [0.4, 0.5) is 0 Å². The third-order valence-corrected chi connectivity index (χ3v) is 6.04. The Bertz CT molecular complexity index is 1580. The predicted octanol–water partition coefficient (Wildman–Crippen LogP) is 3.55. The molecule has 5 rings (SSSR count). The van der Waals surface area contributed by atoms with Crippen LogP contribution in [0.3, 0.4) is 0 Å². The summed E-state index contributed by atoms with van der Waals surface area (Å²) in [7, 11) is 0. The van der Waals surface area contributed by atoms with Gasteiger partial charge < -0.3 is 9.88 Å². The molecule has 0 aliphatic carbocycles. The van der Waals surface area contributed by atoms with Crippen molar-refractivity contribution in [2.24, 2.45) is 0 Å². The zero-order valence-electron chi connectivity index (χ0n) is 19.3. The molecule has 3 aromatic carbocycles. The maximum Gasteiger partial charge on any atom is 0.261 e. The number of rotatable bonds is 7. The monoisotopic (exact) mass is 478 g/mol. The Morgan fingerprint density at radius 3 is 2.42 bits per heavy atom. The van der Waals surface area contributed by atoms with Gasteiger partial charge >= 0.3 is 0 Å². The van der Waals surface area contributed by atoms with Crippen molar-refractivity contribution in [3.05, 3.63) is 124 Å². The lowest BCUT2D eigenvalue weighted by molar-refractivity contribution is 0.0671. The Morgan fingerprint density at radius 1 is 0.917 bits per heavy atom. The predicted molar refractivity (Wildman–Crippen MR) is 134 cm³/mol. The molecule has 0 spiro atoms. The minimum Gasteiger partial charge on any atom is -0.327 e. The summed E-state index contributed by atoms with van der Waals surface area (Å²) in [6, 6.07) is 20.9. The number of H-pyrrole nitrogens is 1. The van der Waals surface area contributed by atoms with Crippen molar-refractivity contribution < 1.29 is 14.4 Å². The van der Waals surface area contributed by atoms with E-state index in [0.29, 0.717) is 16.7 Å². The van der Waals surface area contributed by atoms with E-state index in [1.165, 1.54) is 24.3 Å². The summed E-state index contributed by atoms with van der Waals surface area (Å²) in [5, 5.41) is 0.466. The molecule has 0 unspecified atom stereocenters. The summed E-state index contributed by atoms with van der Waals surface area (Å²) in [6.07, 6.45) is 1.48. The average Bonchev–Trinajstić information content (AvgIpc) is 3.13. The van der Waals surface area contributed by atoms with Crippen LogP contribution in [-0.4, -0.2) is 44.0 Å². The molecule has 178 valence electrons. The van der Waals surface area contributed by atoms with Gasteiger partial charge in [0.2, 0.25) is 0 Å². The zero-order valence-corrected chi connectivity index (χ0v) is 19.3. The summed E-state index contributed by atoms with van der Waals surface area (Å²) in [4.78, 5) is 61.5. The maximum absolute atomic E-state index is 13.7. The number of nitrogens with zero attached hydrogens (tertiary/aromatic N) is 3. The third-order valence-electron chi connectivity index (χ3n) is 6.04. The first-order valence-electron chi connectivity index (χ1n) is 11.4. The largest absolute Gasteiger partial charge is 0.327 e. The number of carbonyl (C=O) groups excluding carboxylic acids is 3. The van der Waals surface area contributed by atoms with Crippen molar-refractivity contribution in [3.63, 3.8) is 0 Å². The number of carbonyl (C=O) groups is 3. The van der Waals surface area contributed by atoms with Gasteiger partial charge in [0.1, 0.15) is 5.82 Å². The Balaban J connectivity index is 1.50. The van der Waals surface area contributed by atoms with E-state index in [1.807, 2.05) is 30.3 Å². The number of aromatic amines is 1. The van der Waals surface area contributed by atoms with Crippen LogP contribution < -0.4 is 5.56 Å². The fraction of sp³-hybridized carbons (Fsp3) is 0.107. The van der Waals surface area contributed by atoms with Crippen LogP contribution in [0.15, 0.2) is 90.2 Å². The molecule has 1 N–H and O–H groups in total. The summed E-state index contributed by atoms with van der Waals surface area (Å²) < 4.78 is 0. The molecule has 8 nitrogen and oxygen atoms in total. The first-order valence-corrected chi connectivity index (χ1v) is 11.4. The molecular formula is C28H22N4O4. The first kappa shape index (κ1) is 22.9. The van der Waals surface area contributed by atoms with E-state index in [2.05, 4.69) is 16.5 Å². The normalized spacial score (nSPS) is 12.6. The molecule has 1 aromatic heterocycles. The number of para-hydroxylation sites is 1. The van der Waals surface area contributed by atoms with E-state index >= 15 is 0 Å². The average molecular weight is 479 g/mol. The van der Waals surface area contributed by atoms with Gasteiger partial charge in [-0.1, -0.05) is 48.5 Å². The van der Waals surface area contributed by atoms with Gasteiger partial charge in [0.15, 0.2) is 0 Å². The number of imide groups is 1. The molecule has 8 heteroatoms. The topological polar surface area (TPSA) is 103 Å². The lowest BCUT2D eigenvalue weighted by Crippen LogP contribution is -2.32. The van der Waals surface area contributed by atoms with Gasteiger partial charge in [-0.25, -0.2) is 4.98 Å². The molecule has 0 bridgehead atoms. The molecule has 1 aliphatic rings. The summed E-state index contributed by atoms with van der Waals surface area (Å²) in [5.41, 5.74) is 1.84. The second-order valence-corrected chi connectivity index (χ2v) is 8.45. The van der Waals surface area contributed by atoms with Crippen molar-refractivity contribution in [3.8, 4) is 0 Å². The molecular weight excluding hydrogens is 456 g/mol. The van der Waals surface area contributed by atoms with Crippen molar-refractivity contribution in [1.82, 2.24) is 19.8 Å². The first-order chi connectivity index (χ1) is 17.5. The minimum atomic E-state index is -0.459. The lowest BCUT2D eigenvalue weighted by Gasteiger charge is -2.23. The van der Waals surface area contributed by atoms with Crippen LogP contribution in [0, 0.1) is 0 Å². The van der Waals surface area contributed by atoms with Crippen LogP contribution >= 0.6 is 0 Å². The molecule has 0 saturated carbocycles. The maximum atomic E-state index is 13.7. The van der Waals surface area contributed by atoms with Crippen molar-refractivity contribution in [1.29, 1.82) is 0 Å². The fourth-order valence-electron chi connectivity index (χ4n) is 4.30. The Hall–Kier alpha value is -4.85. The molecule has 0 radical (unpaired) electrons. The van der Waals surface area contributed by atoms with Crippen molar-refractivity contribution in [2.75, 3.05) is 6.54 Å². The molecule has 3 amide bonds. The molecule has 1 aliphatic heterocycles. The van der Waals surface area contributed by atoms with Gasteiger partial charge in [-0.3, -0.25) is 24.1 Å². The quantitative estimate of drug-likeness (QED) is 0.323. The Morgan fingerprint density at radius 2 is 1.64 bits per heavy atom. The number of benzene rings is 3. The second kappa shape index (κ2) is 9.42. The van der Waals surface area contributed by atoms with Crippen LogP contribution in [0.25, 0.3) is 10.9 Å². The Kier molecular flexibility index (Phi) is 6.00.